The van der Waals surface area contributed by atoms with Gasteiger partial charge in [0.2, 0.25) is 5.91 Å². The lowest BCUT2D eigenvalue weighted by Gasteiger charge is -2.32. The number of nitrogens with zero attached hydrogens (tertiary/aromatic N) is 5. The largest absolute Gasteiger partial charge is 0.355 e. The summed E-state index contributed by atoms with van der Waals surface area (Å²) in [5, 5.41) is 20.8. The standard InChI is InChI=1S/C25H27ClN6OS/c1-16-22-17(2)32(20-9-7-19(26)8-10-20)30-23(22)24(29-28-16)31-13-3-5-18(15-31)25(33)27-12-11-21-6-4-14-34-21/h4,6-10,14,18H,3,5,11-13,15H2,1-2H3,(H,27,33)/t18-/m1/s1. The Bertz CT molecular complexity index is 1300. The lowest BCUT2D eigenvalue weighted by molar-refractivity contribution is -0.125. The summed E-state index contributed by atoms with van der Waals surface area (Å²) in [5.41, 5.74) is 3.60. The van der Waals surface area contributed by atoms with Gasteiger partial charge in [-0.15, -0.1) is 16.4 Å². The predicted octanol–water partition coefficient (Wildman–Crippen LogP) is 4.72. The van der Waals surface area contributed by atoms with Crippen molar-refractivity contribution in [3.05, 3.63) is 63.1 Å². The quantitative estimate of drug-likeness (QED) is 0.419. The molecule has 0 bridgehead atoms. The fourth-order valence-corrected chi connectivity index (χ4v) is 5.48. The fraction of sp³-hybridized carbons (Fsp3) is 0.360. The van der Waals surface area contributed by atoms with E-state index in [4.69, 9.17) is 16.7 Å². The van der Waals surface area contributed by atoms with Crippen LogP contribution in [0.5, 0.6) is 0 Å². The van der Waals surface area contributed by atoms with Gasteiger partial charge in [0.1, 0.15) is 5.52 Å². The Hall–Kier alpha value is -2.97. The molecule has 1 fully saturated rings. The number of benzene rings is 1. The summed E-state index contributed by atoms with van der Waals surface area (Å²) in [6.45, 7) is 6.11. The van der Waals surface area contributed by atoms with Crippen molar-refractivity contribution in [3.63, 3.8) is 0 Å². The van der Waals surface area contributed by atoms with Crippen molar-refractivity contribution in [1.82, 2.24) is 25.3 Å². The molecule has 7 nitrogen and oxygen atoms in total. The summed E-state index contributed by atoms with van der Waals surface area (Å²) < 4.78 is 1.92. The molecule has 0 saturated carbocycles. The molecule has 0 aliphatic carbocycles. The van der Waals surface area contributed by atoms with Crippen LogP contribution >= 0.6 is 22.9 Å². The van der Waals surface area contributed by atoms with Crippen LogP contribution in [0.15, 0.2) is 41.8 Å². The minimum absolute atomic E-state index is 0.0744. The van der Waals surface area contributed by atoms with Gasteiger partial charge in [0, 0.05) is 29.5 Å². The molecule has 0 unspecified atom stereocenters. The van der Waals surface area contributed by atoms with Gasteiger partial charge in [-0.3, -0.25) is 4.79 Å². The van der Waals surface area contributed by atoms with Crippen LogP contribution in [-0.2, 0) is 11.2 Å². The van der Waals surface area contributed by atoms with Gasteiger partial charge in [0.05, 0.1) is 28.4 Å². The van der Waals surface area contributed by atoms with Crippen molar-refractivity contribution < 1.29 is 4.79 Å². The zero-order valence-corrected chi connectivity index (χ0v) is 20.9. The number of hydrogen-bond donors (Lipinski definition) is 1. The first-order valence-electron chi connectivity index (χ1n) is 11.5. The molecule has 5 rings (SSSR count). The second kappa shape index (κ2) is 9.72. The average Bonchev–Trinajstić information content (AvgIpc) is 3.48. The number of aromatic nitrogens is 4. The Morgan fingerprint density at radius 1 is 1.21 bits per heavy atom. The van der Waals surface area contributed by atoms with E-state index in [1.165, 1.54) is 4.88 Å². The van der Waals surface area contributed by atoms with Gasteiger partial charge in [-0.05, 0) is 68.8 Å². The number of fused-ring (bicyclic) bond motifs is 1. The van der Waals surface area contributed by atoms with Crippen molar-refractivity contribution in [2.24, 2.45) is 5.92 Å². The molecule has 1 aliphatic heterocycles. The Balaban J connectivity index is 1.37. The van der Waals surface area contributed by atoms with Crippen LogP contribution < -0.4 is 10.2 Å². The minimum Gasteiger partial charge on any atom is -0.355 e. The van der Waals surface area contributed by atoms with Crippen LogP contribution in [0.4, 0.5) is 5.82 Å². The summed E-state index contributed by atoms with van der Waals surface area (Å²) in [4.78, 5) is 16.3. The number of aryl methyl sites for hydroxylation is 2. The SMILES string of the molecule is Cc1nnc(N2CCC[C@@H](C(=O)NCCc3cccs3)C2)c2nn(-c3ccc(Cl)cc3)c(C)c12. The second-order valence-corrected chi connectivity index (χ2v) is 10.2. The van der Waals surface area contributed by atoms with Crippen molar-refractivity contribution >= 4 is 45.6 Å². The van der Waals surface area contributed by atoms with Gasteiger partial charge < -0.3 is 10.2 Å². The number of thiophene rings is 1. The highest BCUT2D eigenvalue weighted by molar-refractivity contribution is 7.09. The fourth-order valence-electron chi connectivity index (χ4n) is 4.65. The molecule has 4 aromatic rings. The monoisotopic (exact) mass is 494 g/mol. The molecule has 3 aromatic heterocycles. The summed E-state index contributed by atoms with van der Waals surface area (Å²) in [7, 11) is 0. The number of hydrogen-bond acceptors (Lipinski definition) is 6. The Morgan fingerprint density at radius 3 is 2.79 bits per heavy atom. The number of halogens is 1. The molecule has 9 heteroatoms. The first kappa shape index (κ1) is 22.8. The number of anilines is 1. The molecule has 4 heterocycles. The number of piperidine rings is 1. The van der Waals surface area contributed by atoms with E-state index >= 15 is 0 Å². The second-order valence-electron chi connectivity index (χ2n) is 8.71. The summed E-state index contributed by atoms with van der Waals surface area (Å²) in [5.74, 6) is 0.780. The number of amides is 1. The molecule has 1 amide bonds. The summed E-state index contributed by atoms with van der Waals surface area (Å²) >= 11 is 7.80. The van der Waals surface area contributed by atoms with Crippen LogP contribution in [0.25, 0.3) is 16.6 Å². The molecule has 1 N–H and O–H groups in total. The summed E-state index contributed by atoms with van der Waals surface area (Å²) in [6, 6.07) is 11.8. The van der Waals surface area contributed by atoms with E-state index in [-0.39, 0.29) is 11.8 Å². The molecule has 0 radical (unpaired) electrons. The van der Waals surface area contributed by atoms with E-state index < -0.39 is 0 Å². The van der Waals surface area contributed by atoms with E-state index in [0.717, 1.165) is 59.6 Å². The zero-order chi connectivity index (χ0) is 23.7. The van der Waals surface area contributed by atoms with Gasteiger partial charge >= 0.3 is 0 Å². The number of rotatable bonds is 6. The van der Waals surface area contributed by atoms with Crippen molar-refractivity contribution in [3.8, 4) is 5.69 Å². The first-order valence-corrected chi connectivity index (χ1v) is 12.8. The zero-order valence-electron chi connectivity index (χ0n) is 19.3. The number of nitrogens with one attached hydrogen (secondary N) is 1. The molecular formula is C25H27ClN6OS. The molecule has 176 valence electrons. The average molecular weight is 495 g/mol. The molecule has 1 atom stereocenters. The van der Waals surface area contributed by atoms with Crippen molar-refractivity contribution in [2.45, 2.75) is 33.1 Å². The topological polar surface area (TPSA) is 75.9 Å². The smallest absolute Gasteiger partial charge is 0.224 e. The van der Waals surface area contributed by atoms with Crippen LogP contribution in [0.1, 0.15) is 29.1 Å². The maximum absolute atomic E-state index is 12.9. The van der Waals surface area contributed by atoms with E-state index in [2.05, 4.69) is 31.9 Å². The molecule has 1 aliphatic rings. The molecule has 1 aromatic carbocycles. The summed E-state index contributed by atoms with van der Waals surface area (Å²) in [6.07, 6.45) is 2.67. The van der Waals surface area contributed by atoms with Gasteiger partial charge in [0.25, 0.3) is 0 Å². The van der Waals surface area contributed by atoms with E-state index in [1.807, 2.05) is 48.9 Å². The Labute approximate surface area is 207 Å². The third-order valence-electron chi connectivity index (χ3n) is 6.40. The van der Waals surface area contributed by atoms with Crippen LogP contribution in [0, 0.1) is 19.8 Å². The highest BCUT2D eigenvalue weighted by Gasteiger charge is 2.29. The molecule has 1 saturated heterocycles. The maximum Gasteiger partial charge on any atom is 0.224 e. The minimum atomic E-state index is -0.0744. The number of carbonyl (C=O) groups excluding carboxylic acids is 1. The molecule has 34 heavy (non-hydrogen) atoms. The van der Waals surface area contributed by atoms with E-state index in [9.17, 15) is 4.79 Å². The van der Waals surface area contributed by atoms with Crippen LogP contribution in [0.2, 0.25) is 5.02 Å². The van der Waals surface area contributed by atoms with E-state index in [1.54, 1.807) is 11.3 Å². The third-order valence-corrected chi connectivity index (χ3v) is 7.59. The highest BCUT2D eigenvalue weighted by Crippen LogP contribution is 2.31. The van der Waals surface area contributed by atoms with E-state index in [0.29, 0.717) is 18.1 Å². The highest BCUT2D eigenvalue weighted by atomic mass is 35.5. The van der Waals surface area contributed by atoms with Crippen LogP contribution in [0.3, 0.4) is 0 Å². The Morgan fingerprint density at radius 2 is 2.03 bits per heavy atom. The van der Waals surface area contributed by atoms with Crippen molar-refractivity contribution in [1.29, 1.82) is 0 Å². The lowest BCUT2D eigenvalue weighted by Crippen LogP contribution is -2.44. The van der Waals surface area contributed by atoms with Crippen LogP contribution in [-0.4, -0.2) is 45.5 Å². The third kappa shape index (κ3) is 4.52. The number of carbonyl (C=O) groups is 1. The Kier molecular flexibility index (Phi) is 6.52. The molecule has 0 spiro atoms. The van der Waals surface area contributed by atoms with Gasteiger partial charge in [-0.1, -0.05) is 17.7 Å². The van der Waals surface area contributed by atoms with Gasteiger partial charge in [0.15, 0.2) is 5.82 Å². The predicted molar refractivity (Wildman–Crippen MR) is 137 cm³/mol. The molecular weight excluding hydrogens is 468 g/mol. The first-order chi connectivity index (χ1) is 16.5. The normalized spacial score (nSPS) is 16.2. The van der Waals surface area contributed by atoms with Crippen molar-refractivity contribution in [2.75, 3.05) is 24.5 Å². The lowest BCUT2D eigenvalue weighted by atomic mass is 9.97. The maximum atomic E-state index is 12.9. The van der Waals surface area contributed by atoms with Gasteiger partial charge in [-0.2, -0.15) is 10.2 Å². The van der Waals surface area contributed by atoms with Gasteiger partial charge in [-0.25, -0.2) is 4.68 Å².